The molecule has 3 fully saturated rings. The van der Waals surface area contributed by atoms with Gasteiger partial charge in [0.2, 0.25) is 23.5 Å². The number of para-hydroxylation sites is 1. The van der Waals surface area contributed by atoms with E-state index in [2.05, 4.69) is 10.6 Å². The van der Waals surface area contributed by atoms with Crippen molar-refractivity contribution in [3.8, 4) is 11.4 Å². The first-order valence-corrected chi connectivity index (χ1v) is 36.4. The van der Waals surface area contributed by atoms with Crippen LogP contribution in [0.1, 0.15) is 156 Å². The molecule has 111 heavy (non-hydrogen) atoms. The number of nitrogens with one attached hydrogen (secondary N) is 2. The van der Waals surface area contributed by atoms with Gasteiger partial charge in [-0.15, -0.1) is 0 Å². The highest BCUT2D eigenvalue weighted by atomic mass is 16.6. The number of aliphatic hydroxyl groups is 2. The predicted molar refractivity (Wildman–Crippen MR) is 390 cm³/mol. The Morgan fingerprint density at radius 2 is 1.38 bits per heavy atom. The number of hydrogen-bond acceptors (Lipinski definition) is 25. The van der Waals surface area contributed by atoms with E-state index in [0.29, 0.717) is 17.9 Å². The number of cyclic esters (lactones) is 1. The molecule has 29 heteroatoms. The number of aromatic nitrogens is 2. The number of amides is 3. The second kappa shape index (κ2) is 32.3. The van der Waals surface area contributed by atoms with Crippen LogP contribution in [0, 0.1) is 16.7 Å². The summed E-state index contributed by atoms with van der Waals surface area (Å²) >= 11 is 0. The summed E-state index contributed by atoms with van der Waals surface area (Å²) in [6.07, 6.45) is -11.5. The largest absolute Gasteiger partial charge is 0.457 e. The lowest BCUT2D eigenvalue weighted by molar-refractivity contribution is -0.346. The molecule has 6 aliphatic rings. The summed E-state index contributed by atoms with van der Waals surface area (Å²) in [5.74, 6) is -11.6. The van der Waals surface area contributed by atoms with E-state index in [4.69, 9.17) is 42.9 Å². The molecule has 2 aromatic heterocycles. The average molecular weight is 1530 g/mol. The van der Waals surface area contributed by atoms with E-state index in [-0.39, 0.29) is 108 Å². The fourth-order valence-corrected chi connectivity index (χ4v) is 16.1. The van der Waals surface area contributed by atoms with Crippen LogP contribution in [0.5, 0.6) is 0 Å². The number of carbonyl (C=O) groups is 13. The van der Waals surface area contributed by atoms with E-state index in [0.717, 1.165) is 35.2 Å². The Balaban J connectivity index is 0.000000274. The van der Waals surface area contributed by atoms with Crippen LogP contribution in [-0.2, 0) is 109 Å². The maximum Gasteiger partial charge on any atom is 0.355 e. The Kier molecular flexibility index (Phi) is 23.4. The number of carbonyl (C=O) groups excluding carboxylic acids is 13. The average Bonchev–Trinajstić information content (AvgIpc) is 1.04. The molecule has 12 rings (SSSR count). The van der Waals surface area contributed by atoms with Crippen LogP contribution in [0.3, 0.4) is 0 Å². The van der Waals surface area contributed by atoms with Gasteiger partial charge in [-0.25, -0.2) is 19.4 Å². The third kappa shape index (κ3) is 15.6. The van der Waals surface area contributed by atoms with E-state index < -0.39 is 161 Å². The Labute approximate surface area is 637 Å². The molecular weight excluding hydrogens is 1440 g/mol. The van der Waals surface area contributed by atoms with Gasteiger partial charge in [0.05, 0.1) is 58.6 Å². The molecule has 0 unspecified atom stereocenters. The van der Waals surface area contributed by atoms with Crippen molar-refractivity contribution in [2.24, 2.45) is 16.7 Å². The van der Waals surface area contributed by atoms with E-state index >= 15 is 9.59 Å². The normalized spacial score (nSPS) is 24.7. The summed E-state index contributed by atoms with van der Waals surface area (Å²) in [5, 5.41) is 32.3. The summed E-state index contributed by atoms with van der Waals surface area (Å²) in [5.41, 5.74) is -6.68. The molecule has 3 aliphatic carbocycles. The zero-order chi connectivity index (χ0) is 80.4. The number of benzene rings is 4. The van der Waals surface area contributed by atoms with Gasteiger partial charge < -0.3 is 77.8 Å². The van der Waals surface area contributed by atoms with E-state index in [9.17, 15) is 67.7 Å². The zero-order valence-electron chi connectivity index (χ0n) is 62.9. The number of fused-ring (bicyclic) bond motifs is 10. The van der Waals surface area contributed by atoms with Crippen LogP contribution in [0.15, 0.2) is 143 Å². The number of aliphatic hydroxyl groups excluding tert-OH is 1. The molecule has 4 N–H and O–H groups in total. The van der Waals surface area contributed by atoms with Gasteiger partial charge in [-0.1, -0.05) is 106 Å². The van der Waals surface area contributed by atoms with E-state index in [1.165, 1.54) is 72.9 Å². The van der Waals surface area contributed by atoms with Crippen molar-refractivity contribution in [1.82, 2.24) is 25.1 Å². The molecule has 2 saturated carbocycles. The second-order valence-electron chi connectivity index (χ2n) is 29.5. The van der Waals surface area contributed by atoms with Crippen LogP contribution >= 0.6 is 0 Å². The number of likely N-dealkylation sites (N-methyl/N-ethyl adjacent to an activating group) is 1. The number of hydrogen-bond donors (Lipinski definition) is 4. The van der Waals surface area contributed by atoms with E-state index in [1.807, 2.05) is 30.3 Å². The summed E-state index contributed by atoms with van der Waals surface area (Å²) < 4.78 is 49.3. The van der Waals surface area contributed by atoms with Crippen LogP contribution in [0.25, 0.3) is 22.3 Å². The van der Waals surface area contributed by atoms with Gasteiger partial charge in [0.25, 0.3) is 11.5 Å². The van der Waals surface area contributed by atoms with Crippen molar-refractivity contribution in [2.75, 3.05) is 26.7 Å². The smallest absolute Gasteiger partial charge is 0.355 e. The summed E-state index contributed by atoms with van der Waals surface area (Å²) in [4.78, 5) is 193. The maximum absolute atomic E-state index is 15.8. The molecule has 4 aromatic carbocycles. The minimum atomic E-state index is -2.51. The van der Waals surface area contributed by atoms with Crippen molar-refractivity contribution in [3.63, 3.8) is 0 Å². The molecule has 0 radical (unpaired) electrons. The summed E-state index contributed by atoms with van der Waals surface area (Å²) in [6, 6.07) is 33.5. The van der Waals surface area contributed by atoms with Gasteiger partial charge in [-0.2, -0.15) is 0 Å². The second-order valence-corrected chi connectivity index (χ2v) is 29.5. The lowest BCUT2D eigenvalue weighted by Gasteiger charge is -2.67. The fourth-order valence-electron chi connectivity index (χ4n) is 16.1. The van der Waals surface area contributed by atoms with Gasteiger partial charge in [-0.3, -0.25) is 43.2 Å². The monoisotopic (exact) mass is 1530 g/mol. The van der Waals surface area contributed by atoms with Gasteiger partial charge in [0.15, 0.2) is 17.5 Å². The molecule has 29 nitrogen and oxygen atoms in total. The minimum Gasteiger partial charge on any atom is -0.457 e. The highest BCUT2D eigenvalue weighted by Crippen LogP contribution is 2.65. The molecule has 3 aliphatic heterocycles. The van der Waals surface area contributed by atoms with Crippen molar-refractivity contribution < 1.29 is 110 Å². The Hall–Kier alpha value is -11.4. The molecule has 2 bridgehead atoms. The van der Waals surface area contributed by atoms with Crippen LogP contribution in [0.2, 0.25) is 0 Å². The van der Waals surface area contributed by atoms with Gasteiger partial charge in [0.1, 0.15) is 61.2 Å². The van der Waals surface area contributed by atoms with Crippen molar-refractivity contribution >= 4 is 87.8 Å². The van der Waals surface area contributed by atoms with Gasteiger partial charge >= 0.3 is 41.8 Å². The topological polar surface area (TPSA) is 398 Å². The van der Waals surface area contributed by atoms with Crippen LogP contribution in [0.4, 0.5) is 0 Å². The van der Waals surface area contributed by atoms with Crippen molar-refractivity contribution in [1.29, 1.82) is 0 Å². The number of pyridine rings is 2. The third-order valence-corrected chi connectivity index (χ3v) is 22.0. The minimum absolute atomic E-state index is 0.0176. The summed E-state index contributed by atoms with van der Waals surface area (Å²) in [7, 11) is 1.30. The zero-order valence-corrected chi connectivity index (χ0v) is 62.9. The first kappa shape index (κ1) is 80.6. The van der Waals surface area contributed by atoms with Gasteiger partial charge in [-0.05, 0) is 93.3 Å². The maximum atomic E-state index is 15.8. The lowest BCUT2D eigenvalue weighted by Crippen LogP contribution is -2.82. The third-order valence-electron chi connectivity index (χ3n) is 22.0. The first-order valence-electron chi connectivity index (χ1n) is 36.4. The lowest BCUT2D eigenvalue weighted by atomic mass is 9.44. The first-order chi connectivity index (χ1) is 52.6. The Morgan fingerprint density at radius 3 is 2.00 bits per heavy atom. The number of rotatable bonds is 23. The van der Waals surface area contributed by atoms with E-state index in [1.54, 1.807) is 84.3 Å². The molecule has 3 amide bonds. The molecule has 1 saturated heterocycles. The number of esters is 7. The van der Waals surface area contributed by atoms with Crippen molar-refractivity contribution in [2.45, 2.75) is 180 Å². The number of Topliss-reactive ketones (excluding diaryl/α,β-unsaturated/α-hetero) is 3. The van der Waals surface area contributed by atoms with Crippen LogP contribution in [-0.4, -0.2) is 176 Å². The predicted octanol–water partition coefficient (Wildman–Crippen LogP) is 6.23. The highest BCUT2D eigenvalue weighted by Gasteiger charge is 2.78. The van der Waals surface area contributed by atoms with Crippen molar-refractivity contribution in [3.05, 3.63) is 182 Å². The Morgan fingerprint density at radius 1 is 0.748 bits per heavy atom. The molecule has 0 spiro atoms. The molecule has 584 valence electrons. The SMILES string of the molecule is CC(=O)CCC(=O)N(C)CC(=O)O[C@@H](C(=O)O[C@H]1C[C@@]2(O)[C@@H](OC(=O)c3ccccc3)[C@@H]3[C@]4(OC(C)=O)CO[C@@H]4C[C@H](O)[C@@]3(C)C(=O)[C@H](OC(C)=O)C(=C1C)C2(C)C)[C@@H](NC(=O)c1ccccc1)c1ccccc1.CC[C@]1(OC(=O)CNC(=O)CCC(C)=O)C(=O)OCc2c1cc1n(c2=O)Cc2cc3ccccc3nc2-1. The Bertz CT molecular complexity index is 4850. The molecule has 5 heterocycles. The number of ketones is 3. The quantitative estimate of drug-likeness (QED) is 0.0313. The molecular formula is C82H87N5O24. The number of ether oxygens (including phenoxy) is 8. The highest BCUT2D eigenvalue weighted by molar-refractivity contribution is 5.97. The summed E-state index contributed by atoms with van der Waals surface area (Å²) in [6.45, 7) is 10.9. The van der Waals surface area contributed by atoms with Crippen LogP contribution < -0.4 is 16.2 Å². The fraction of sp³-hybridized carbons (Fsp3) is 0.427. The standard InChI is InChI=1S/C55H62N2O17.C27H25N3O7/c1-30(58)24-25-40(62)57(8)28-41(63)72-45(43(34-18-12-9-13-19-34)56-49(65)35-20-14-10-15-21-35)51(67)71-37-27-55(68)48(73-50(66)36-22-16-11-17-23-36)46-53(7,38(61)26-39-54(46,29-69-39)74-33(4)60)47(64)44(70-32(3)59)42(31(37)2)52(55,5)6;1-3-27(37-23(33)12-28-22(32)9-8-15(2)31)19-11-21-24-17(10-16-6-4-5-7-20(16)29-24)13-30(21)25(34)18(19)14-36-26(27)35/h9-23,37-39,43-46,48,61,68H,24-29H2,1-8H3,(H,56,65);4-7,10-11H,3,8-9,12-14H2,1-2H3,(H,28,32)/t37-,38-,39+,43-,44+,45+,46-,48-,53+,54-,55+;27-/m01/s1. The van der Waals surface area contributed by atoms with Gasteiger partial charge in [0, 0.05) is 86.9 Å². The molecule has 12 atom stereocenters. The number of nitrogens with zero attached hydrogens (tertiary/aromatic N) is 3. The molecule has 6 aromatic rings.